The van der Waals surface area contributed by atoms with Crippen LogP contribution in [0, 0.1) is 18.6 Å². The van der Waals surface area contributed by atoms with E-state index in [4.69, 9.17) is 5.73 Å². The Morgan fingerprint density at radius 3 is 2.44 bits per heavy atom. The minimum absolute atomic E-state index is 0.268. The lowest BCUT2D eigenvalue weighted by Gasteiger charge is -2.11. The average Bonchev–Trinajstić information content (AvgIpc) is 2.34. The summed E-state index contributed by atoms with van der Waals surface area (Å²) in [5.74, 6) is -0.587. The van der Waals surface area contributed by atoms with Crippen LogP contribution in [0.4, 0.5) is 20.2 Å². The Labute approximate surface area is 104 Å². The molecule has 0 fully saturated rings. The van der Waals surface area contributed by atoms with Crippen LogP contribution >= 0.6 is 0 Å². The Hall–Kier alpha value is -2.10. The Balaban J connectivity index is 2.10. The molecule has 2 aromatic carbocycles. The monoisotopic (exact) mass is 248 g/mol. The molecule has 2 aromatic rings. The van der Waals surface area contributed by atoms with Gasteiger partial charge in [0.25, 0.3) is 0 Å². The van der Waals surface area contributed by atoms with Crippen molar-refractivity contribution >= 4 is 11.4 Å². The van der Waals surface area contributed by atoms with E-state index in [1.54, 1.807) is 25.1 Å². The first-order valence-electron chi connectivity index (χ1n) is 5.60. The van der Waals surface area contributed by atoms with Gasteiger partial charge >= 0.3 is 0 Å². The van der Waals surface area contributed by atoms with Crippen LogP contribution in [0.3, 0.4) is 0 Å². The molecule has 0 heterocycles. The van der Waals surface area contributed by atoms with E-state index in [9.17, 15) is 8.78 Å². The molecule has 0 spiro atoms. The molecule has 0 unspecified atom stereocenters. The van der Waals surface area contributed by atoms with Gasteiger partial charge in [0.05, 0.1) is 11.4 Å². The molecule has 0 aromatic heterocycles. The van der Waals surface area contributed by atoms with Gasteiger partial charge in [-0.2, -0.15) is 0 Å². The topological polar surface area (TPSA) is 38.0 Å². The van der Waals surface area contributed by atoms with E-state index in [1.165, 1.54) is 18.2 Å². The van der Waals surface area contributed by atoms with Crippen LogP contribution in [0.1, 0.15) is 11.1 Å². The van der Waals surface area contributed by atoms with Crippen molar-refractivity contribution < 1.29 is 8.78 Å². The molecule has 0 amide bonds. The number of benzene rings is 2. The Morgan fingerprint density at radius 1 is 1.11 bits per heavy atom. The fourth-order valence-electron chi connectivity index (χ4n) is 1.65. The van der Waals surface area contributed by atoms with Crippen molar-refractivity contribution in [3.63, 3.8) is 0 Å². The quantitative estimate of drug-likeness (QED) is 0.816. The van der Waals surface area contributed by atoms with Gasteiger partial charge in [-0.25, -0.2) is 8.78 Å². The molecule has 4 heteroatoms. The zero-order chi connectivity index (χ0) is 13.1. The largest absolute Gasteiger partial charge is 0.397 e. The second-order valence-corrected chi connectivity index (χ2v) is 4.17. The zero-order valence-electron chi connectivity index (χ0n) is 10.0. The highest BCUT2D eigenvalue weighted by atomic mass is 19.1. The van der Waals surface area contributed by atoms with Crippen LogP contribution in [-0.2, 0) is 6.54 Å². The maximum atomic E-state index is 13.2. The first kappa shape index (κ1) is 12.4. The highest BCUT2D eigenvalue weighted by molar-refractivity contribution is 5.67. The molecule has 0 bridgehead atoms. The maximum Gasteiger partial charge on any atom is 0.128 e. The second-order valence-electron chi connectivity index (χ2n) is 4.17. The van der Waals surface area contributed by atoms with Crippen LogP contribution in [0.5, 0.6) is 0 Å². The van der Waals surface area contributed by atoms with E-state index < -0.39 is 0 Å². The van der Waals surface area contributed by atoms with E-state index in [1.807, 2.05) is 0 Å². The Morgan fingerprint density at radius 2 is 1.78 bits per heavy atom. The number of halogens is 2. The third-order valence-corrected chi connectivity index (χ3v) is 2.73. The van der Waals surface area contributed by atoms with E-state index in [-0.39, 0.29) is 11.6 Å². The number of hydrogen-bond donors (Lipinski definition) is 2. The molecule has 0 aliphatic rings. The molecular formula is C14H14F2N2. The number of nitrogens with one attached hydrogen (secondary N) is 1. The molecule has 0 saturated heterocycles. The molecule has 0 aliphatic carbocycles. The molecule has 2 rings (SSSR count). The van der Waals surface area contributed by atoms with Crippen molar-refractivity contribution in [2.24, 2.45) is 0 Å². The highest BCUT2D eigenvalue weighted by Crippen LogP contribution is 2.23. The predicted octanol–water partition coefficient (Wildman–Crippen LogP) is 3.47. The molecule has 2 nitrogen and oxygen atoms in total. The van der Waals surface area contributed by atoms with Crippen molar-refractivity contribution in [1.82, 2.24) is 0 Å². The van der Waals surface area contributed by atoms with Gasteiger partial charge in [0, 0.05) is 6.54 Å². The molecule has 0 radical (unpaired) electrons. The van der Waals surface area contributed by atoms with Gasteiger partial charge in [0.1, 0.15) is 11.6 Å². The molecule has 18 heavy (non-hydrogen) atoms. The first-order chi connectivity index (χ1) is 8.56. The maximum absolute atomic E-state index is 13.2. The lowest BCUT2D eigenvalue weighted by atomic mass is 10.1. The average molecular weight is 248 g/mol. The van der Waals surface area contributed by atoms with E-state index >= 15 is 0 Å². The van der Waals surface area contributed by atoms with Crippen molar-refractivity contribution in [3.05, 3.63) is 59.2 Å². The number of rotatable bonds is 3. The smallest absolute Gasteiger partial charge is 0.128 e. The summed E-state index contributed by atoms with van der Waals surface area (Å²) in [6.45, 7) is 2.19. The lowest BCUT2D eigenvalue weighted by molar-refractivity contribution is 0.619. The van der Waals surface area contributed by atoms with E-state index in [2.05, 4.69) is 5.32 Å². The normalized spacial score (nSPS) is 10.4. The van der Waals surface area contributed by atoms with Gasteiger partial charge in [-0.1, -0.05) is 12.1 Å². The summed E-state index contributed by atoms with van der Waals surface area (Å²) >= 11 is 0. The minimum atomic E-state index is -0.320. The SMILES string of the molecule is Cc1cc(NCc2ccc(F)cc2)c(N)cc1F. The third-order valence-electron chi connectivity index (χ3n) is 2.73. The highest BCUT2D eigenvalue weighted by Gasteiger charge is 2.04. The molecule has 0 aliphatic heterocycles. The van der Waals surface area contributed by atoms with Gasteiger partial charge in [-0.15, -0.1) is 0 Å². The van der Waals surface area contributed by atoms with Gasteiger partial charge in [0.15, 0.2) is 0 Å². The fourth-order valence-corrected chi connectivity index (χ4v) is 1.65. The molecule has 0 atom stereocenters. The van der Waals surface area contributed by atoms with Gasteiger partial charge in [-0.3, -0.25) is 0 Å². The van der Waals surface area contributed by atoms with E-state index in [0.29, 0.717) is 23.5 Å². The van der Waals surface area contributed by atoms with Crippen LogP contribution in [0.2, 0.25) is 0 Å². The molecule has 3 N–H and O–H groups in total. The summed E-state index contributed by atoms with van der Waals surface area (Å²) in [5.41, 5.74) is 8.22. The summed E-state index contributed by atoms with van der Waals surface area (Å²) in [6, 6.07) is 9.13. The molecule has 0 saturated carbocycles. The summed E-state index contributed by atoms with van der Waals surface area (Å²) < 4.78 is 25.9. The van der Waals surface area contributed by atoms with Crippen LogP contribution < -0.4 is 11.1 Å². The zero-order valence-corrected chi connectivity index (χ0v) is 10.0. The van der Waals surface area contributed by atoms with Crippen molar-refractivity contribution in [2.45, 2.75) is 13.5 Å². The first-order valence-corrected chi connectivity index (χ1v) is 5.60. The molecular weight excluding hydrogens is 234 g/mol. The number of anilines is 2. The predicted molar refractivity (Wildman–Crippen MR) is 69.3 cm³/mol. The summed E-state index contributed by atoms with van der Waals surface area (Å²) in [6.07, 6.45) is 0. The van der Waals surface area contributed by atoms with Crippen molar-refractivity contribution in [3.8, 4) is 0 Å². The van der Waals surface area contributed by atoms with E-state index in [0.717, 1.165) is 5.56 Å². The number of nitrogens with two attached hydrogens (primary N) is 1. The van der Waals surface area contributed by atoms with Crippen molar-refractivity contribution in [1.29, 1.82) is 0 Å². The van der Waals surface area contributed by atoms with Gasteiger partial charge in [0.2, 0.25) is 0 Å². The van der Waals surface area contributed by atoms with Crippen LogP contribution in [0.15, 0.2) is 36.4 Å². The van der Waals surface area contributed by atoms with Crippen LogP contribution in [0.25, 0.3) is 0 Å². The third kappa shape index (κ3) is 2.77. The fraction of sp³-hybridized carbons (Fsp3) is 0.143. The number of aryl methyl sites for hydroxylation is 1. The summed E-state index contributed by atoms with van der Waals surface area (Å²) in [4.78, 5) is 0. The van der Waals surface area contributed by atoms with Crippen molar-refractivity contribution in [2.75, 3.05) is 11.1 Å². The van der Waals surface area contributed by atoms with Gasteiger partial charge < -0.3 is 11.1 Å². The summed E-state index contributed by atoms with van der Waals surface area (Å²) in [5, 5.41) is 3.10. The Kier molecular flexibility index (Phi) is 3.46. The second kappa shape index (κ2) is 5.04. The van der Waals surface area contributed by atoms with Crippen LogP contribution in [-0.4, -0.2) is 0 Å². The minimum Gasteiger partial charge on any atom is -0.397 e. The Bertz CT molecular complexity index is 550. The standard InChI is InChI=1S/C14H14F2N2/c1-9-6-14(13(17)7-12(9)16)18-8-10-2-4-11(15)5-3-10/h2-7,18H,8,17H2,1H3. The molecule has 94 valence electrons. The lowest BCUT2D eigenvalue weighted by Crippen LogP contribution is -2.03. The summed E-state index contributed by atoms with van der Waals surface area (Å²) in [7, 11) is 0. The number of hydrogen-bond acceptors (Lipinski definition) is 2. The van der Waals surface area contributed by atoms with Gasteiger partial charge in [-0.05, 0) is 42.3 Å². The number of nitrogen functional groups attached to an aromatic ring is 1.